The van der Waals surface area contributed by atoms with Gasteiger partial charge in [0.25, 0.3) is 0 Å². The van der Waals surface area contributed by atoms with E-state index in [4.69, 9.17) is 10.1 Å². The van der Waals surface area contributed by atoms with Crippen molar-refractivity contribution < 1.29 is 18.3 Å². The number of alkyl halides is 1. The number of nitrogens with zero attached hydrogens (tertiary/aromatic N) is 1. The van der Waals surface area contributed by atoms with Crippen molar-refractivity contribution in [2.45, 2.75) is 45.4 Å². The Morgan fingerprint density at radius 1 is 1.24 bits per heavy atom. The van der Waals surface area contributed by atoms with Crippen molar-refractivity contribution in [2.75, 3.05) is 7.05 Å². The molecule has 0 aliphatic carbocycles. The minimum Gasteiger partial charge on any atom is -0.460 e. The van der Waals surface area contributed by atoms with Crippen molar-refractivity contribution in [3.8, 4) is 5.75 Å². The van der Waals surface area contributed by atoms with Gasteiger partial charge >= 0.3 is 0 Å². The van der Waals surface area contributed by atoms with E-state index in [0.717, 1.165) is 0 Å². The second-order valence-electron chi connectivity index (χ2n) is 7.75. The third-order valence-corrected chi connectivity index (χ3v) is 5.72. The highest BCUT2D eigenvalue weighted by Gasteiger charge is 2.47. The van der Waals surface area contributed by atoms with Crippen LogP contribution in [0.3, 0.4) is 0 Å². The number of amides is 1. The first-order chi connectivity index (χ1) is 13.7. The van der Waals surface area contributed by atoms with Crippen molar-refractivity contribution in [1.29, 1.82) is 5.41 Å². The molecule has 2 aromatic rings. The molecular weight excluding hydrogens is 374 g/mol. The molecule has 3 atom stereocenters. The monoisotopic (exact) mass is 400 g/mol. The van der Waals surface area contributed by atoms with Gasteiger partial charge in [0, 0.05) is 19.9 Å². The van der Waals surface area contributed by atoms with Gasteiger partial charge in [-0.25, -0.2) is 8.78 Å². The predicted octanol–water partition coefficient (Wildman–Crippen LogP) is 4.98. The van der Waals surface area contributed by atoms with Crippen LogP contribution in [0.1, 0.15) is 43.4 Å². The summed E-state index contributed by atoms with van der Waals surface area (Å²) in [5.74, 6) is -0.155. The number of nitrogens with one attached hydrogen (secondary N) is 1. The summed E-state index contributed by atoms with van der Waals surface area (Å²) in [7, 11) is 1.59. The highest BCUT2D eigenvalue weighted by atomic mass is 19.1. The summed E-state index contributed by atoms with van der Waals surface area (Å²) in [5, 5.41) is 8.34. The van der Waals surface area contributed by atoms with E-state index >= 15 is 0 Å². The van der Waals surface area contributed by atoms with Crippen LogP contribution in [-0.2, 0) is 10.2 Å². The van der Waals surface area contributed by atoms with Gasteiger partial charge in [-0.1, -0.05) is 31.2 Å². The van der Waals surface area contributed by atoms with Crippen molar-refractivity contribution in [1.82, 2.24) is 4.90 Å². The number of rotatable bonds is 4. The summed E-state index contributed by atoms with van der Waals surface area (Å²) in [6, 6.07) is 11.3. The molecule has 1 saturated heterocycles. The maximum Gasteiger partial charge on any atom is 0.242 e. The molecule has 1 aliphatic heterocycles. The highest BCUT2D eigenvalue weighted by molar-refractivity contribution is 6.05. The Hall–Kier alpha value is -2.76. The lowest BCUT2D eigenvalue weighted by molar-refractivity contribution is -0.131. The quantitative estimate of drug-likeness (QED) is 0.787. The molecule has 154 valence electrons. The predicted molar refractivity (Wildman–Crippen MR) is 108 cm³/mol. The Morgan fingerprint density at radius 2 is 1.93 bits per heavy atom. The lowest BCUT2D eigenvalue weighted by Crippen LogP contribution is -2.46. The van der Waals surface area contributed by atoms with Crippen LogP contribution in [0, 0.1) is 24.1 Å². The maximum absolute atomic E-state index is 14.1. The average molecular weight is 400 g/mol. The molecule has 1 amide bonds. The molecule has 4 nitrogen and oxygen atoms in total. The lowest BCUT2D eigenvalue weighted by Gasteiger charge is -2.35. The van der Waals surface area contributed by atoms with E-state index in [9.17, 15) is 13.6 Å². The summed E-state index contributed by atoms with van der Waals surface area (Å²) in [5.41, 5.74) is 0.769. The van der Waals surface area contributed by atoms with Crippen molar-refractivity contribution in [3.63, 3.8) is 0 Å². The van der Waals surface area contributed by atoms with Gasteiger partial charge in [-0.3, -0.25) is 10.2 Å². The number of amidine groups is 1. The number of halogens is 2. The van der Waals surface area contributed by atoms with E-state index in [-0.39, 0.29) is 17.7 Å². The lowest BCUT2D eigenvalue weighted by atomic mass is 9.70. The third-order valence-electron chi connectivity index (χ3n) is 5.72. The maximum atomic E-state index is 14.1. The summed E-state index contributed by atoms with van der Waals surface area (Å²) in [6.07, 6.45) is -0.421. The molecular formula is C23H26F2N2O2. The Kier molecular flexibility index (Phi) is 5.73. The van der Waals surface area contributed by atoms with Gasteiger partial charge in [0.2, 0.25) is 12.3 Å². The molecule has 1 N–H and O–H groups in total. The molecule has 3 unspecified atom stereocenters. The van der Waals surface area contributed by atoms with Crippen LogP contribution >= 0.6 is 0 Å². The molecule has 29 heavy (non-hydrogen) atoms. The standard InChI is InChI=1S/C23H26F2N2O2/c1-14-10-11-23(22(28)27(4)21(14)26,17-6-5-7-19(25)13-17)18-8-9-20(15(2)12-18)29-16(3)24/h5-9,12-14,16,26H,10-11H2,1-4H3. The van der Waals surface area contributed by atoms with E-state index in [0.29, 0.717) is 35.3 Å². The number of likely N-dealkylation sites (tertiary alicyclic amines) is 1. The number of carbonyl (C=O) groups is 1. The fourth-order valence-corrected chi connectivity index (χ4v) is 4.08. The van der Waals surface area contributed by atoms with E-state index in [1.54, 1.807) is 44.3 Å². The molecule has 0 radical (unpaired) electrons. The fraction of sp³-hybridized carbons (Fsp3) is 0.391. The van der Waals surface area contributed by atoms with Crippen molar-refractivity contribution in [2.24, 2.45) is 5.92 Å². The van der Waals surface area contributed by atoms with Gasteiger partial charge in [0.05, 0.1) is 5.41 Å². The summed E-state index contributed by atoms with van der Waals surface area (Å²) >= 11 is 0. The largest absolute Gasteiger partial charge is 0.460 e. The van der Waals surface area contributed by atoms with Gasteiger partial charge < -0.3 is 9.64 Å². The molecule has 1 heterocycles. The number of hydrogen-bond acceptors (Lipinski definition) is 3. The minimum absolute atomic E-state index is 0.101. The summed E-state index contributed by atoms with van der Waals surface area (Å²) in [6.45, 7) is 5.01. The van der Waals surface area contributed by atoms with E-state index in [1.807, 2.05) is 6.92 Å². The van der Waals surface area contributed by atoms with Crippen LogP contribution < -0.4 is 4.74 Å². The van der Waals surface area contributed by atoms with Crippen molar-refractivity contribution in [3.05, 3.63) is 65.0 Å². The number of carbonyl (C=O) groups excluding carboxylic acids is 1. The second-order valence-corrected chi connectivity index (χ2v) is 7.75. The zero-order valence-corrected chi connectivity index (χ0v) is 17.1. The van der Waals surface area contributed by atoms with Crippen LogP contribution in [0.15, 0.2) is 42.5 Å². The van der Waals surface area contributed by atoms with Gasteiger partial charge in [0.1, 0.15) is 17.4 Å². The van der Waals surface area contributed by atoms with Gasteiger partial charge in [-0.05, 0) is 54.7 Å². The van der Waals surface area contributed by atoms with Crippen LogP contribution in [-0.4, -0.2) is 30.0 Å². The third kappa shape index (κ3) is 3.76. The average Bonchev–Trinajstić information content (AvgIpc) is 2.75. The molecule has 0 saturated carbocycles. The first-order valence-electron chi connectivity index (χ1n) is 9.71. The Labute approximate surface area is 170 Å². The number of ether oxygens (including phenoxy) is 1. The number of benzene rings is 2. The molecule has 6 heteroatoms. The van der Waals surface area contributed by atoms with Gasteiger partial charge in [-0.15, -0.1) is 0 Å². The first-order valence-corrected chi connectivity index (χ1v) is 9.71. The first kappa shape index (κ1) is 21.0. The Bertz CT molecular complexity index is 944. The van der Waals surface area contributed by atoms with Gasteiger partial charge in [0.15, 0.2) is 0 Å². The van der Waals surface area contributed by atoms with E-state index < -0.39 is 17.6 Å². The van der Waals surface area contributed by atoms with Crippen LogP contribution in [0.4, 0.5) is 8.78 Å². The molecule has 0 aromatic heterocycles. The fourth-order valence-electron chi connectivity index (χ4n) is 4.08. The second kappa shape index (κ2) is 7.93. The van der Waals surface area contributed by atoms with Crippen LogP contribution in [0.2, 0.25) is 0 Å². The van der Waals surface area contributed by atoms with E-state index in [2.05, 4.69) is 0 Å². The Morgan fingerprint density at radius 3 is 2.55 bits per heavy atom. The number of hydrogen-bond donors (Lipinski definition) is 1. The summed E-state index contributed by atoms with van der Waals surface area (Å²) < 4.78 is 32.7. The zero-order valence-electron chi connectivity index (χ0n) is 17.1. The minimum atomic E-state index is -1.45. The van der Waals surface area contributed by atoms with Crippen LogP contribution in [0.5, 0.6) is 5.75 Å². The molecule has 2 aromatic carbocycles. The SMILES string of the molecule is Cc1cc(C2(c3cccc(F)c3)CCC(C)C(=N)N(C)C2=O)ccc1OC(C)F. The van der Waals surface area contributed by atoms with Crippen LogP contribution in [0.25, 0.3) is 0 Å². The molecule has 0 spiro atoms. The normalized spacial score (nSPS) is 23.7. The molecule has 1 fully saturated rings. The smallest absolute Gasteiger partial charge is 0.242 e. The molecule has 1 aliphatic rings. The number of aryl methyl sites for hydroxylation is 1. The number of likely N-dealkylation sites (N-methyl/N-ethyl adjacent to an activating group) is 1. The van der Waals surface area contributed by atoms with Gasteiger partial charge in [-0.2, -0.15) is 0 Å². The zero-order chi connectivity index (χ0) is 21.3. The topological polar surface area (TPSA) is 53.4 Å². The van der Waals surface area contributed by atoms with Crippen molar-refractivity contribution >= 4 is 11.7 Å². The Balaban J connectivity index is 2.23. The summed E-state index contributed by atoms with van der Waals surface area (Å²) in [4.78, 5) is 15.0. The van der Waals surface area contributed by atoms with E-state index in [1.165, 1.54) is 24.0 Å². The molecule has 3 rings (SSSR count). The molecule has 0 bridgehead atoms. The highest BCUT2D eigenvalue weighted by Crippen LogP contribution is 2.43.